The molecule has 2 atom stereocenters. The van der Waals surface area contributed by atoms with E-state index in [-0.39, 0.29) is 17.8 Å². The van der Waals surface area contributed by atoms with Crippen LogP contribution in [0.2, 0.25) is 13.1 Å². The van der Waals surface area contributed by atoms with Crippen LogP contribution >= 0.6 is 0 Å². The van der Waals surface area contributed by atoms with E-state index in [9.17, 15) is 0 Å². The van der Waals surface area contributed by atoms with E-state index in [4.69, 9.17) is 0 Å². The molecule has 2 rings (SSSR count). The molecule has 0 aromatic carbocycles. The van der Waals surface area contributed by atoms with Gasteiger partial charge in [0.05, 0.1) is 0 Å². The average molecular weight is 399 g/mol. The average Bonchev–Trinajstić information content (AvgIpc) is 2.70. The molecule has 0 heterocycles. The van der Waals surface area contributed by atoms with Crippen LogP contribution in [0.3, 0.4) is 0 Å². The summed E-state index contributed by atoms with van der Waals surface area (Å²) in [7, 11) is 0. The number of allylic oxidation sites excluding steroid dienone is 8. The molecule has 0 aromatic rings. The minimum absolute atomic E-state index is 0. The molecule has 0 fully saturated rings. The molecule has 2 unspecified atom stereocenters. The third-order valence-corrected chi connectivity index (χ3v) is 3.07. The summed E-state index contributed by atoms with van der Waals surface area (Å²) >= 11 is 1.74. The maximum absolute atomic E-state index is 3.29. The summed E-state index contributed by atoms with van der Waals surface area (Å²) in [5.41, 5.74) is 5.62. The summed E-state index contributed by atoms with van der Waals surface area (Å²) in [6.45, 7) is 17.4. The first kappa shape index (κ1) is 23.6. The van der Waals surface area contributed by atoms with E-state index in [0.717, 1.165) is 0 Å². The first-order valence-corrected chi connectivity index (χ1v) is 13.4. The summed E-state index contributed by atoms with van der Waals surface area (Å²) < 4.78 is 0. The standard InChI is InChI=1S/2C8H11.C2H6Si.ClH.Zr/c2*1-6-4-7(2)8(3)5-6;1-3-2;;/h2*4,6H,1-3H3;1-2H3;1H;/q2*-1;;;+2/p-1. The first-order chi connectivity index (χ1) is 9.13. The van der Waals surface area contributed by atoms with E-state index in [1.807, 2.05) is 0 Å². The van der Waals surface area contributed by atoms with E-state index in [0.29, 0.717) is 11.8 Å². The summed E-state index contributed by atoms with van der Waals surface area (Å²) in [6.07, 6.45) is 11.0. The zero-order valence-corrected chi connectivity index (χ0v) is 18.9. The number of rotatable bonds is 0. The van der Waals surface area contributed by atoms with Crippen molar-refractivity contribution in [1.29, 1.82) is 0 Å². The Morgan fingerprint density at radius 3 is 1.14 bits per heavy atom. The zero-order chi connectivity index (χ0) is 15.9. The Bertz CT molecular complexity index is 392. The van der Waals surface area contributed by atoms with E-state index >= 15 is 0 Å². The van der Waals surface area contributed by atoms with E-state index in [1.165, 1.54) is 22.3 Å². The Labute approximate surface area is 153 Å². The van der Waals surface area contributed by atoms with Gasteiger partial charge < -0.3 is 12.4 Å². The number of hydrogen-bond acceptors (Lipinski definition) is 0. The SMILES string of the molecule is CC1=[C-]C(C)C=C1C.CC1=[C-]C(C)C=C1C.C[Si](C)=[Zr+2].[Cl-]. The van der Waals surface area contributed by atoms with Crippen molar-refractivity contribution in [2.45, 2.75) is 54.6 Å². The fraction of sp³-hybridized carbons (Fsp3) is 0.556. The molecule has 0 N–H and O–H groups in total. The molecule has 3 heteroatoms. The van der Waals surface area contributed by atoms with Gasteiger partial charge in [0.2, 0.25) is 0 Å². The predicted molar refractivity (Wildman–Crippen MR) is 88.2 cm³/mol. The maximum Gasteiger partial charge on any atom is -1.00 e. The molecule has 0 aliphatic heterocycles. The van der Waals surface area contributed by atoms with Crippen molar-refractivity contribution in [2.75, 3.05) is 0 Å². The van der Waals surface area contributed by atoms with Crippen molar-refractivity contribution in [2.24, 2.45) is 11.8 Å². The molecule has 0 saturated heterocycles. The molecule has 2 aliphatic rings. The second-order valence-electron chi connectivity index (χ2n) is 5.82. The van der Waals surface area contributed by atoms with Gasteiger partial charge in [0.1, 0.15) is 0 Å². The number of hydrogen-bond donors (Lipinski definition) is 0. The van der Waals surface area contributed by atoms with Gasteiger partial charge in [-0.2, -0.15) is 12.2 Å². The predicted octanol–water partition coefficient (Wildman–Crippen LogP) is 2.45. The maximum atomic E-state index is 3.29. The second kappa shape index (κ2) is 11.9. The number of halogens is 1. The molecule has 0 saturated carbocycles. The van der Waals surface area contributed by atoms with Gasteiger partial charge in [-0.15, -0.1) is 13.8 Å². The van der Waals surface area contributed by atoms with Crippen LogP contribution in [-0.2, 0) is 23.3 Å². The van der Waals surface area contributed by atoms with Gasteiger partial charge >= 0.3 is 41.9 Å². The Balaban J connectivity index is 0. The molecule has 0 nitrogen and oxygen atoms in total. The van der Waals surface area contributed by atoms with Gasteiger partial charge in [0, 0.05) is 0 Å². The molecular weight excluding hydrogens is 371 g/mol. The summed E-state index contributed by atoms with van der Waals surface area (Å²) in [5, 5.41) is 0. The van der Waals surface area contributed by atoms with Gasteiger partial charge in [-0.3, -0.25) is 12.2 Å². The van der Waals surface area contributed by atoms with Gasteiger partial charge in [-0.25, -0.2) is 22.3 Å². The van der Waals surface area contributed by atoms with E-state index in [2.05, 4.69) is 78.9 Å². The van der Waals surface area contributed by atoms with Crippen molar-refractivity contribution >= 4 is 5.43 Å². The molecule has 0 bridgehead atoms. The fourth-order valence-corrected chi connectivity index (χ4v) is 1.99. The van der Waals surface area contributed by atoms with Crippen molar-refractivity contribution in [3.8, 4) is 0 Å². The largest absolute Gasteiger partial charge is 1.00 e. The Morgan fingerprint density at radius 1 is 0.857 bits per heavy atom. The fourth-order valence-electron chi connectivity index (χ4n) is 1.99. The van der Waals surface area contributed by atoms with Crippen molar-refractivity contribution in [1.82, 2.24) is 0 Å². The Kier molecular flexibility index (Phi) is 13.3. The zero-order valence-electron chi connectivity index (χ0n) is 14.7. The molecule has 0 radical (unpaired) electrons. The Hall–Kier alpha value is 0.350. The summed E-state index contributed by atoms with van der Waals surface area (Å²) in [4.78, 5) is 0. The van der Waals surface area contributed by atoms with E-state index in [1.54, 1.807) is 23.3 Å². The quantitative estimate of drug-likeness (QED) is 0.434. The van der Waals surface area contributed by atoms with Crippen LogP contribution in [0.15, 0.2) is 34.4 Å². The van der Waals surface area contributed by atoms with Crippen molar-refractivity contribution < 1.29 is 35.7 Å². The summed E-state index contributed by atoms with van der Waals surface area (Å²) in [5.74, 6) is 1.10. The van der Waals surface area contributed by atoms with Gasteiger partial charge in [0.15, 0.2) is 0 Å². The van der Waals surface area contributed by atoms with Crippen LogP contribution in [0.1, 0.15) is 41.5 Å². The molecular formula is C18H28ClSiZr-. The second-order valence-corrected chi connectivity index (χ2v) is 15.2. The monoisotopic (exact) mass is 397 g/mol. The van der Waals surface area contributed by atoms with Crippen molar-refractivity contribution in [3.63, 3.8) is 0 Å². The first-order valence-electron chi connectivity index (χ1n) is 7.23. The molecule has 2 aliphatic carbocycles. The molecule has 0 amide bonds. The smallest absolute Gasteiger partial charge is 1.00 e. The van der Waals surface area contributed by atoms with E-state index < -0.39 is 0 Å². The molecule has 116 valence electrons. The summed E-state index contributed by atoms with van der Waals surface area (Å²) in [6, 6.07) is 0. The third-order valence-electron chi connectivity index (χ3n) is 3.07. The topological polar surface area (TPSA) is 0 Å². The van der Waals surface area contributed by atoms with Crippen LogP contribution in [-0.4, -0.2) is 5.43 Å². The minimum atomic E-state index is 0. The van der Waals surface area contributed by atoms with Gasteiger partial charge in [-0.05, 0) is 0 Å². The normalized spacial score (nSPS) is 22.4. The van der Waals surface area contributed by atoms with Crippen LogP contribution < -0.4 is 12.4 Å². The Morgan fingerprint density at radius 2 is 1.10 bits per heavy atom. The van der Waals surface area contributed by atoms with Crippen LogP contribution in [0.25, 0.3) is 0 Å². The van der Waals surface area contributed by atoms with Gasteiger partial charge in [-0.1, -0.05) is 39.5 Å². The van der Waals surface area contributed by atoms with Crippen molar-refractivity contribution in [3.05, 3.63) is 46.6 Å². The minimum Gasteiger partial charge on any atom is -1.00 e. The molecule has 21 heavy (non-hydrogen) atoms. The van der Waals surface area contributed by atoms with Crippen LogP contribution in [0, 0.1) is 24.0 Å². The molecule has 0 aromatic heterocycles. The van der Waals surface area contributed by atoms with Crippen LogP contribution in [0.5, 0.6) is 0 Å². The van der Waals surface area contributed by atoms with Gasteiger partial charge in [0.25, 0.3) is 0 Å². The molecule has 0 spiro atoms. The van der Waals surface area contributed by atoms with Crippen LogP contribution in [0.4, 0.5) is 0 Å². The third kappa shape index (κ3) is 11.6.